The molecule has 0 aliphatic carbocycles. The average molecular weight is 537 g/mol. The minimum absolute atomic E-state index is 0.0374. The molecule has 0 fully saturated rings. The first-order valence-corrected chi connectivity index (χ1v) is 11.6. The first-order valence-electron chi connectivity index (χ1n) is 11.6. The van der Waals surface area contributed by atoms with E-state index < -0.39 is 29.3 Å². The SMILES string of the molecule is N#Cc1ccc(Cn2cnnc2CN(Cc2ccc(F)cc2F)C(=O)/C=C/c2cccc(C(F)(F)F)c2)cc1. The van der Waals surface area contributed by atoms with Crippen LogP contribution in [0.2, 0.25) is 0 Å². The number of nitriles is 1. The monoisotopic (exact) mass is 537 g/mol. The lowest BCUT2D eigenvalue weighted by Gasteiger charge is -2.22. The molecule has 0 aliphatic rings. The number of halogens is 5. The van der Waals surface area contributed by atoms with Crippen LogP contribution in [0.25, 0.3) is 6.08 Å². The summed E-state index contributed by atoms with van der Waals surface area (Å²) in [5, 5.41) is 17.0. The lowest BCUT2D eigenvalue weighted by atomic mass is 10.1. The third kappa shape index (κ3) is 7.13. The van der Waals surface area contributed by atoms with Crippen LogP contribution >= 0.6 is 0 Å². The third-order valence-corrected chi connectivity index (χ3v) is 5.78. The molecule has 0 saturated heterocycles. The van der Waals surface area contributed by atoms with Crippen molar-refractivity contribution in [3.8, 4) is 6.07 Å². The Bertz CT molecular complexity index is 1540. The summed E-state index contributed by atoms with van der Waals surface area (Å²) < 4.78 is 68.7. The molecule has 0 atom stereocenters. The van der Waals surface area contributed by atoms with Crippen molar-refractivity contribution < 1.29 is 26.7 Å². The lowest BCUT2D eigenvalue weighted by molar-refractivity contribution is -0.137. The largest absolute Gasteiger partial charge is 0.416 e. The summed E-state index contributed by atoms with van der Waals surface area (Å²) in [5.41, 5.74) is 0.652. The first kappa shape index (κ1) is 27.2. The second-order valence-corrected chi connectivity index (χ2v) is 8.57. The lowest BCUT2D eigenvalue weighted by Crippen LogP contribution is -2.30. The Balaban J connectivity index is 1.59. The molecule has 0 N–H and O–H groups in total. The summed E-state index contributed by atoms with van der Waals surface area (Å²) in [7, 11) is 0. The van der Waals surface area contributed by atoms with E-state index in [0.29, 0.717) is 24.0 Å². The zero-order valence-corrected chi connectivity index (χ0v) is 20.2. The van der Waals surface area contributed by atoms with Crippen LogP contribution in [0.15, 0.2) is 79.1 Å². The number of amides is 1. The number of hydrogen-bond donors (Lipinski definition) is 0. The molecule has 0 radical (unpaired) electrons. The highest BCUT2D eigenvalue weighted by Crippen LogP contribution is 2.29. The van der Waals surface area contributed by atoms with Crippen molar-refractivity contribution >= 4 is 12.0 Å². The van der Waals surface area contributed by atoms with Gasteiger partial charge < -0.3 is 9.47 Å². The summed E-state index contributed by atoms with van der Waals surface area (Å²) in [5.74, 6) is -1.92. The van der Waals surface area contributed by atoms with E-state index >= 15 is 0 Å². The molecule has 0 bridgehead atoms. The van der Waals surface area contributed by atoms with Gasteiger partial charge in [-0.15, -0.1) is 10.2 Å². The molecule has 3 aromatic carbocycles. The van der Waals surface area contributed by atoms with E-state index in [0.717, 1.165) is 29.8 Å². The predicted octanol–water partition coefficient (Wildman–Crippen LogP) is 5.74. The standard InChI is InChI=1S/C28H20F5N5O/c29-24-10-9-22(25(30)13-24)16-37(27(39)11-8-19-2-1-3-23(12-19)28(31,32)33)17-26-36-35-18-38(26)15-21-6-4-20(14-34)5-7-21/h1-13,18H,15-17H2/b11-8+. The highest BCUT2D eigenvalue weighted by Gasteiger charge is 2.30. The van der Waals surface area contributed by atoms with Gasteiger partial charge in [-0.1, -0.05) is 30.3 Å². The fraction of sp³-hybridized carbons (Fsp3) is 0.143. The van der Waals surface area contributed by atoms with Crippen LogP contribution < -0.4 is 0 Å². The second-order valence-electron chi connectivity index (χ2n) is 8.57. The minimum Gasteiger partial charge on any atom is -0.327 e. The van der Waals surface area contributed by atoms with E-state index in [2.05, 4.69) is 10.2 Å². The molecule has 0 spiro atoms. The molecule has 1 aromatic heterocycles. The molecule has 4 rings (SSSR count). The number of alkyl halides is 3. The summed E-state index contributed by atoms with van der Waals surface area (Å²) in [6.45, 7) is -0.0679. The Morgan fingerprint density at radius 3 is 2.49 bits per heavy atom. The highest BCUT2D eigenvalue weighted by atomic mass is 19.4. The van der Waals surface area contributed by atoms with E-state index in [1.165, 1.54) is 35.5 Å². The summed E-state index contributed by atoms with van der Waals surface area (Å²) in [4.78, 5) is 14.4. The van der Waals surface area contributed by atoms with Crippen LogP contribution in [-0.4, -0.2) is 25.6 Å². The van der Waals surface area contributed by atoms with Gasteiger partial charge in [0.1, 0.15) is 18.0 Å². The Hall–Kier alpha value is -4.85. The number of carbonyl (C=O) groups excluding carboxylic acids is 1. The van der Waals surface area contributed by atoms with Gasteiger partial charge in [-0.2, -0.15) is 18.4 Å². The maximum Gasteiger partial charge on any atom is 0.416 e. The van der Waals surface area contributed by atoms with Crippen molar-refractivity contribution in [3.63, 3.8) is 0 Å². The van der Waals surface area contributed by atoms with E-state index in [9.17, 15) is 26.7 Å². The Labute approximate surface area is 220 Å². The molecule has 6 nitrogen and oxygen atoms in total. The number of carbonyl (C=O) groups is 1. The van der Waals surface area contributed by atoms with Gasteiger partial charge in [0.05, 0.1) is 30.3 Å². The van der Waals surface area contributed by atoms with Crippen LogP contribution in [0.1, 0.15) is 33.6 Å². The summed E-state index contributed by atoms with van der Waals surface area (Å²) in [6.07, 6.45) is -0.780. The molecule has 0 unspecified atom stereocenters. The van der Waals surface area contributed by atoms with Crippen molar-refractivity contribution in [2.45, 2.75) is 25.8 Å². The van der Waals surface area contributed by atoms with Gasteiger partial charge in [0.15, 0.2) is 5.82 Å². The zero-order valence-electron chi connectivity index (χ0n) is 20.2. The smallest absolute Gasteiger partial charge is 0.327 e. The molecule has 0 saturated carbocycles. The van der Waals surface area contributed by atoms with Crippen molar-refractivity contribution in [1.29, 1.82) is 5.26 Å². The van der Waals surface area contributed by atoms with Crippen LogP contribution in [0, 0.1) is 23.0 Å². The van der Waals surface area contributed by atoms with Crippen LogP contribution in [0.3, 0.4) is 0 Å². The number of hydrogen-bond acceptors (Lipinski definition) is 4. The van der Waals surface area contributed by atoms with Gasteiger partial charge in [0.2, 0.25) is 5.91 Å². The number of benzene rings is 3. The van der Waals surface area contributed by atoms with Crippen molar-refractivity contribution in [2.75, 3.05) is 0 Å². The van der Waals surface area contributed by atoms with E-state index in [1.54, 1.807) is 28.8 Å². The molecule has 198 valence electrons. The van der Waals surface area contributed by atoms with Crippen molar-refractivity contribution in [2.24, 2.45) is 0 Å². The van der Waals surface area contributed by atoms with Gasteiger partial charge in [-0.05, 0) is 47.5 Å². The Morgan fingerprint density at radius 1 is 1.03 bits per heavy atom. The van der Waals surface area contributed by atoms with Crippen LogP contribution in [0.4, 0.5) is 22.0 Å². The topological polar surface area (TPSA) is 74.8 Å². The molecule has 39 heavy (non-hydrogen) atoms. The van der Waals surface area contributed by atoms with Gasteiger partial charge in [-0.3, -0.25) is 4.79 Å². The quantitative estimate of drug-likeness (QED) is 0.212. The molecule has 1 amide bonds. The van der Waals surface area contributed by atoms with Crippen LogP contribution in [-0.2, 0) is 30.6 Å². The third-order valence-electron chi connectivity index (χ3n) is 5.78. The summed E-state index contributed by atoms with van der Waals surface area (Å²) in [6, 6.07) is 16.3. The van der Waals surface area contributed by atoms with E-state index in [1.807, 2.05) is 6.07 Å². The first-order chi connectivity index (χ1) is 18.6. The van der Waals surface area contributed by atoms with Gasteiger partial charge >= 0.3 is 6.18 Å². The molecule has 4 aromatic rings. The maximum absolute atomic E-state index is 14.4. The van der Waals surface area contributed by atoms with Crippen molar-refractivity contribution in [3.05, 3.63) is 124 Å². The number of aromatic nitrogens is 3. The van der Waals surface area contributed by atoms with Crippen LogP contribution in [0.5, 0.6) is 0 Å². The van der Waals surface area contributed by atoms with E-state index in [-0.39, 0.29) is 24.2 Å². The maximum atomic E-state index is 14.4. The fourth-order valence-corrected chi connectivity index (χ4v) is 3.74. The Morgan fingerprint density at radius 2 is 1.79 bits per heavy atom. The summed E-state index contributed by atoms with van der Waals surface area (Å²) >= 11 is 0. The number of rotatable bonds is 8. The Kier molecular flexibility index (Phi) is 8.15. The van der Waals surface area contributed by atoms with Gasteiger partial charge in [0, 0.05) is 24.3 Å². The van der Waals surface area contributed by atoms with Crippen molar-refractivity contribution in [1.82, 2.24) is 19.7 Å². The average Bonchev–Trinajstić information content (AvgIpc) is 3.34. The number of nitrogens with zero attached hydrogens (tertiary/aromatic N) is 5. The molecular weight excluding hydrogens is 517 g/mol. The fourth-order valence-electron chi connectivity index (χ4n) is 3.74. The second kappa shape index (κ2) is 11.7. The molecule has 1 heterocycles. The normalized spacial score (nSPS) is 11.5. The zero-order chi connectivity index (χ0) is 28.0. The molecule has 0 aliphatic heterocycles. The molecule has 11 heteroatoms. The van der Waals surface area contributed by atoms with E-state index in [4.69, 9.17) is 5.26 Å². The predicted molar refractivity (Wildman–Crippen MR) is 131 cm³/mol. The van der Waals surface area contributed by atoms with Gasteiger partial charge in [-0.25, -0.2) is 8.78 Å². The minimum atomic E-state index is -4.54. The highest BCUT2D eigenvalue weighted by molar-refractivity contribution is 5.91. The van der Waals surface area contributed by atoms with Gasteiger partial charge in [0.25, 0.3) is 0 Å². The molecular formula is C28H20F5N5O.